The van der Waals surface area contributed by atoms with Gasteiger partial charge in [0.25, 0.3) is 0 Å². The van der Waals surface area contributed by atoms with Crippen molar-refractivity contribution in [2.45, 2.75) is 31.8 Å². The third-order valence-corrected chi connectivity index (χ3v) is 6.20. The van der Waals surface area contributed by atoms with Crippen LogP contribution in [0.5, 0.6) is 0 Å². The molecule has 1 heterocycles. The Labute approximate surface area is 109 Å². The summed E-state index contributed by atoms with van der Waals surface area (Å²) in [4.78, 5) is 0. The van der Waals surface area contributed by atoms with Gasteiger partial charge in [-0.3, -0.25) is 0 Å². The summed E-state index contributed by atoms with van der Waals surface area (Å²) < 4.78 is 47.3. The Hall–Kier alpha value is -0.180. The predicted octanol–water partition coefficient (Wildman–Crippen LogP) is -0.402. The van der Waals surface area contributed by atoms with E-state index in [9.17, 15) is 21.9 Å². The van der Waals surface area contributed by atoms with Gasteiger partial charge in [-0.15, -0.1) is 0 Å². The number of rotatable bonds is 4. The largest absolute Gasteiger partial charge is 0.390 e. The zero-order valence-electron chi connectivity index (χ0n) is 10.8. The molecule has 1 fully saturated rings. The van der Waals surface area contributed by atoms with Gasteiger partial charge in [0.2, 0.25) is 10.0 Å². The molecule has 1 aliphatic heterocycles. The minimum Gasteiger partial charge on any atom is -0.390 e. The standard InChI is InChI=1S/C10H21NO5S2/c1-10(12)4-3-6-11(7-5-10)18(15,16)9-8-17(2,13)14/h12H,3-9H2,1-2H3. The summed E-state index contributed by atoms with van der Waals surface area (Å²) in [5, 5.41) is 9.88. The van der Waals surface area contributed by atoms with Crippen molar-refractivity contribution in [3.63, 3.8) is 0 Å². The van der Waals surface area contributed by atoms with Gasteiger partial charge in [0.05, 0.1) is 17.1 Å². The molecular weight excluding hydrogens is 278 g/mol. The Bertz CT molecular complexity index is 480. The van der Waals surface area contributed by atoms with Gasteiger partial charge < -0.3 is 5.11 Å². The summed E-state index contributed by atoms with van der Waals surface area (Å²) in [6.45, 7) is 2.29. The van der Waals surface area contributed by atoms with Gasteiger partial charge in [0.1, 0.15) is 9.84 Å². The molecule has 0 saturated carbocycles. The highest BCUT2D eigenvalue weighted by atomic mass is 32.2. The van der Waals surface area contributed by atoms with Crippen LogP contribution in [0.25, 0.3) is 0 Å². The lowest BCUT2D eigenvalue weighted by molar-refractivity contribution is 0.0465. The van der Waals surface area contributed by atoms with Crippen LogP contribution in [-0.2, 0) is 19.9 Å². The molecule has 0 aromatic heterocycles. The smallest absolute Gasteiger partial charge is 0.215 e. The summed E-state index contributed by atoms with van der Waals surface area (Å²) in [6, 6.07) is 0. The number of aliphatic hydroxyl groups is 1. The molecule has 0 amide bonds. The number of hydrogen-bond donors (Lipinski definition) is 1. The predicted molar refractivity (Wildman–Crippen MR) is 69.5 cm³/mol. The first-order chi connectivity index (χ1) is 8.02. The van der Waals surface area contributed by atoms with Crippen LogP contribution < -0.4 is 0 Å². The van der Waals surface area contributed by atoms with E-state index < -0.39 is 25.5 Å². The molecule has 1 saturated heterocycles. The van der Waals surface area contributed by atoms with Crippen molar-refractivity contribution in [3.8, 4) is 0 Å². The summed E-state index contributed by atoms with van der Waals surface area (Å²) >= 11 is 0. The van der Waals surface area contributed by atoms with Crippen molar-refractivity contribution < 1.29 is 21.9 Å². The maximum absolute atomic E-state index is 12.0. The summed E-state index contributed by atoms with van der Waals surface area (Å²) in [5.74, 6) is -0.740. The molecule has 0 aliphatic carbocycles. The van der Waals surface area contributed by atoms with Crippen LogP contribution in [0.4, 0.5) is 0 Å². The highest BCUT2D eigenvalue weighted by molar-refractivity contribution is 7.93. The third kappa shape index (κ3) is 5.21. The third-order valence-electron chi connectivity index (χ3n) is 3.13. The Balaban J connectivity index is 2.68. The minimum atomic E-state index is -3.55. The zero-order chi connectivity index (χ0) is 14.0. The lowest BCUT2D eigenvalue weighted by Gasteiger charge is -2.22. The summed E-state index contributed by atoms with van der Waals surface area (Å²) in [5.41, 5.74) is -0.832. The monoisotopic (exact) mass is 299 g/mol. The molecular formula is C10H21NO5S2. The Morgan fingerprint density at radius 2 is 1.72 bits per heavy atom. The van der Waals surface area contributed by atoms with Crippen molar-refractivity contribution in [3.05, 3.63) is 0 Å². The van der Waals surface area contributed by atoms with Gasteiger partial charge >= 0.3 is 0 Å². The minimum absolute atomic E-state index is 0.249. The van der Waals surface area contributed by atoms with Crippen LogP contribution in [0.15, 0.2) is 0 Å². The van der Waals surface area contributed by atoms with Crippen LogP contribution in [0, 0.1) is 0 Å². The molecule has 108 valence electrons. The number of nitrogens with zero attached hydrogens (tertiary/aromatic N) is 1. The van der Waals surface area contributed by atoms with E-state index in [1.165, 1.54) is 4.31 Å². The lowest BCUT2D eigenvalue weighted by Crippen LogP contribution is -2.36. The van der Waals surface area contributed by atoms with Crippen molar-refractivity contribution >= 4 is 19.9 Å². The topological polar surface area (TPSA) is 91.8 Å². The molecule has 1 N–H and O–H groups in total. The van der Waals surface area contributed by atoms with Crippen molar-refractivity contribution in [1.29, 1.82) is 0 Å². The molecule has 8 heteroatoms. The number of sulfonamides is 1. The van der Waals surface area contributed by atoms with E-state index in [4.69, 9.17) is 0 Å². The van der Waals surface area contributed by atoms with Crippen molar-refractivity contribution in [1.82, 2.24) is 4.31 Å². The average Bonchev–Trinajstić information content (AvgIpc) is 2.36. The van der Waals surface area contributed by atoms with Gasteiger partial charge in [-0.2, -0.15) is 0 Å². The molecule has 0 aromatic carbocycles. The fourth-order valence-corrected chi connectivity index (χ4v) is 4.99. The Morgan fingerprint density at radius 1 is 1.11 bits per heavy atom. The van der Waals surface area contributed by atoms with E-state index in [-0.39, 0.29) is 18.1 Å². The van der Waals surface area contributed by atoms with E-state index >= 15 is 0 Å². The van der Waals surface area contributed by atoms with E-state index in [0.29, 0.717) is 25.8 Å². The Morgan fingerprint density at radius 3 is 2.28 bits per heavy atom. The fraction of sp³-hybridized carbons (Fsp3) is 1.00. The average molecular weight is 299 g/mol. The van der Waals surface area contributed by atoms with Crippen LogP contribution >= 0.6 is 0 Å². The second-order valence-electron chi connectivity index (χ2n) is 5.20. The molecule has 0 spiro atoms. The molecule has 0 aromatic rings. The second-order valence-corrected chi connectivity index (χ2v) is 9.54. The van der Waals surface area contributed by atoms with E-state index in [2.05, 4.69) is 0 Å². The second kappa shape index (κ2) is 5.44. The van der Waals surface area contributed by atoms with E-state index in [1.807, 2.05) is 0 Å². The molecule has 1 rings (SSSR count). The Kier molecular flexibility index (Phi) is 4.80. The van der Waals surface area contributed by atoms with Gasteiger partial charge in [0, 0.05) is 19.3 Å². The summed E-state index contributed by atoms with van der Waals surface area (Å²) in [7, 11) is -6.83. The molecule has 0 bridgehead atoms. The fourth-order valence-electron chi connectivity index (χ4n) is 1.90. The van der Waals surface area contributed by atoms with Crippen LogP contribution in [0.3, 0.4) is 0 Å². The highest BCUT2D eigenvalue weighted by Crippen LogP contribution is 2.23. The zero-order valence-corrected chi connectivity index (χ0v) is 12.4. The first kappa shape index (κ1) is 15.9. The molecule has 1 atom stereocenters. The van der Waals surface area contributed by atoms with Crippen molar-refractivity contribution in [2.75, 3.05) is 30.9 Å². The summed E-state index contributed by atoms with van der Waals surface area (Å²) in [6.07, 6.45) is 2.55. The molecule has 6 nitrogen and oxygen atoms in total. The normalized spacial score (nSPS) is 27.9. The molecule has 18 heavy (non-hydrogen) atoms. The van der Waals surface area contributed by atoms with E-state index in [0.717, 1.165) is 6.26 Å². The maximum Gasteiger partial charge on any atom is 0.215 e. The molecule has 0 radical (unpaired) electrons. The van der Waals surface area contributed by atoms with Crippen LogP contribution in [0.2, 0.25) is 0 Å². The van der Waals surface area contributed by atoms with Crippen LogP contribution in [-0.4, -0.2) is 62.7 Å². The molecule has 1 aliphatic rings. The van der Waals surface area contributed by atoms with Gasteiger partial charge in [0.15, 0.2) is 0 Å². The highest BCUT2D eigenvalue weighted by Gasteiger charge is 2.30. The van der Waals surface area contributed by atoms with E-state index in [1.54, 1.807) is 6.92 Å². The SMILES string of the molecule is CC1(O)CCCN(S(=O)(=O)CCS(C)(=O)=O)CC1. The maximum atomic E-state index is 12.0. The van der Waals surface area contributed by atoms with Gasteiger partial charge in [-0.1, -0.05) is 0 Å². The van der Waals surface area contributed by atoms with Gasteiger partial charge in [-0.25, -0.2) is 21.1 Å². The lowest BCUT2D eigenvalue weighted by atomic mass is 9.98. The first-order valence-corrected chi connectivity index (χ1v) is 9.57. The van der Waals surface area contributed by atoms with Crippen LogP contribution in [0.1, 0.15) is 26.2 Å². The quantitative estimate of drug-likeness (QED) is 0.762. The van der Waals surface area contributed by atoms with Crippen molar-refractivity contribution in [2.24, 2.45) is 0 Å². The number of sulfone groups is 1. The van der Waals surface area contributed by atoms with Gasteiger partial charge in [-0.05, 0) is 26.2 Å². The molecule has 1 unspecified atom stereocenters. The first-order valence-electron chi connectivity index (χ1n) is 5.90. The number of hydrogen-bond acceptors (Lipinski definition) is 5.